The Kier molecular flexibility index (Phi) is 7.32. The Hall–Kier alpha value is -3.03. The van der Waals surface area contributed by atoms with Crippen LogP contribution in [0.15, 0.2) is 64.5 Å². The van der Waals surface area contributed by atoms with Crippen molar-refractivity contribution in [3.05, 3.63) is 76.3 Å². The molecule has 1 fully saturated rings. The number of aryl methyl sites for hydroxylation is 2. The summed E-state index contributed by atoms with van der Waals surface area (Å²) in [6, 6.07) is 16.0. The molecule has 0 saturated carbocycles. The Morgan fingerprint density at radius 3 is 2.37 bits per heavy atom. The first-order chi connectivity index (χ1) is 14.5. The molecule has 1 saturated heterocycles. The molecule has 1 aromatic heterocycles. The molecule has 3 aromatic rings. The number of aliphatic imine (C=N–C) groups is 1. The van der Waals surface area contributed by atoms with Crippen molar-refractivity contribution >= 4 is 28.3 Å². The quantitative estimate of drug-likeness (QED) is 0.293. The molecule has 1 aliphatic heterocycles. The lowest BCUT2D eigenvalue weighted by molar-refractivity contribution is 0.295. The maximum Gasteiger partial charge on any atom is 0.166 e. The molecule has 7 nitrogen and oxygen atoms in total. The molecule has 0 atom stereocenters. The number of hydrogen-bond acceptors (Lipinski definition) is 5. The van der Waals surface area contributed by atoms with Gasteiger partial charge in [-0.05, 0) is 32.0 Å². The Balaban J connectivity index is 0.000000310. The number of nitrogens with one attached hydrogen (secondary N) is 2. The molecule has 0 unspecified atom stereocenters. The molecule has 0 spiro atoms. The molecule has 6 N–H and O–H groups in total. The number of amidine groups is 1. The number of nitrogens with zero attached hydrogens (tertiary/aromatic N) is 3. The third-order valence-corrected chi connectivity index (χ3v) is 5.01. The topological polar surface area (TPSA) is 108 Å². The molecule has 1 aliphatic rings. The highest BCUT2D eigenvalue weighted by molar-refractivity contribution is 6.29. The number of rotatable bonds is 3. The summed E-state index contributed by atoms with van der Waals surface area (Å²) in [6.45, 7) is 7.36. The van der Waals surface area contributed by atoms with E-state index >= 15 is 0 Å². The second kappa shape index (κ2) is 10.1. The maximum atomic E-state index is 6.18. The maximum absolute atomic E-state index is 6.18. The minimum Gasteiger partial charge on any atom is -0.386 e. The molecular formula is C22H28ClN7. The number of nitrogens with two attached hydrogens (primary N) is 2. The Morgan fingerprint density at radius 2 is 1.77 bits per heavy atom. The molecule has 0 aliphatic carbocycles. The summed E-state index contributed by atoms with van der Waals surface area (Å²) < 4.78 is 0. The smallest absolute Gasteiger partial charge is 0.166 e. The van der Waals surface area contributed by atoms with E-state index in [4.69, 9.17) is 23.1 Å². The van der Waals surface area contributed by atoms with Crippen molar-refractivity contribution in [2.45, 2.75) is 13.8 Å². The highest BCUT2D eigenvalue weighted by Crippen LogP contribution is 2.18. The van der Waals surface area contributed by atoms with Crippen LogP contribution in [0, 0.1) is 13.8 Å². The minimum absolute atomic E-state index is 0.149. The van der Waals surface area contributed by atoms with Gasteiger partial charge < -0.3 is 21.7 Å². The molecule has 158 valence electrons. The van der Waals surface area contributed by atoms with Gasteiger partial charge in [0.1, 0.15) is 11.0 Å². The van der Waals surface area contributed by atoms with Gasteiger partial charge in [0.05, 0.1) is 5.52 Å². The van der Waals surface area contributed by atoms with E-state index in [1.807, 2.05) is 48.2 Å². The van der Waals surface area contributed by atoms with Crippen molar-refractivity contribution in [3.63, 3.8) is 0 Å². The molecule has 0 radical (unpaired) electrons. The van der Waals surface area contributed by atoms with Crippen LogP contribution >= 0.6 is 11.6 Å². The molecule has 4 rings (SSSR count). The predicted molar refractivity (Wildman–Crippen MR) is 124 cm³/mol. The summed E-state index contributed by atoms with van der Waals surface area (Å²) in [7, 11) is 0. The monoisotopic (exact) mass is 425 g/mol. The van der Waals surface area contributed by atoms with Gasteiger partial charge in [-0.2, -0.15) is 5.10 Å². The first-order valence-corrected chi connectivity index (χ1v) is 10.3. The van der Waals surface area contributed by atoms with Crippen molar-refractivity contribution < 1.29 is 0 Å². The molecule has 0 bridgehead atoms. The molecule has 2 heterocycles. The number of aromatic amines is 1. The van der Waals surface area contributed by atoms with Gasteiger partial charge in [-0.3, -0.25) is 5.10 Å². The van der Waals surface area contributed by atoms with Gasteiger partial charge in [-0.25, -0.2) is 4.99 Å². The van der Waals surface area contributed by atoms with Gasteiger partial charge in [-0.1, -0.05) is 47.5 Å². The van der Waals surface area contributed by atoms with Crippen molar-refractivity contribution in [2.24, 2.45) is 16.5 Å². The van der Waals surface area contributed by atoms with Crippen LogP contribution in [0.5, 0.6) is 0 Å². The highest BCUT2D eigenvalue weighted by Gasteiger charge is 2.16. The average molecular weight is 426 g/mol. The van der Waals surface area contributed by atoms with Gasteiger partial charge in [0.15, 0.2) is 5.82 Å². The molecular weight excluding hydrogens is 398 g/mol. The predicted octanol–water partition coefficient (Wildman–Crippen LogP) is 2.80. The molecule has 8 heteroatoms. The SMILES string of the molecule is Cc1[nH]nc2ccc(/C(N)=N/C(=C(\N)Cl)N3CCNCC3)cc12.Cc1ccccc1. The summed E-state index contributed by atoms with van der Waals surface area (Å²) >= 11 is 6.03. The van der Waals surface area contributed by atoms with E-state index < -0.39 is 0 Å². The highest BCUT2D eigenvalue weighted by atomic mass is 35.5. The summed E-state index contributed by atoms with van der Waals surface area (Å²) in [5, 5.41) is 11.6. The zero-order valence-corrected chi connectivity index (χ0v) is 18.1. The third kappa shape index (κ3) is 5.52. The lowest BCUT2D eigenvalue weighted by Crippen LogP contribution is -2.43. The summed E-state index contributed by atoms with van der Waals surface area (Å²) in [5.41, 5.74) is 16.0. The number of benzene rings is 2. The number of fused-ring (bicyclic) bond motifs is 1. The second-order valence-corrected chi connectivity index (χ2v) is 7.55. The van der Waals surface area contributed by atoms with Crippen LogP contribution in [-0.2, 0) is 0 Å². The van der Waals surface area contributed by atoms with E-state index in [0.29, 0.717) is 11.7 Å². The Bertz CT molecular complexity index is 1030. The van der Waals surface area contributed by atoms with Crippen molar-refractivity contribution in [1.82, 2.24) is 20.4 Å². The van der Waals surface area contributed by atoms with Crippen molar-refractivity contribution in [1.29, 1.82) is 0 Å². The Labute approximate surface area is 181 Å². The van der Waals surface area contributed by atoms with Gasteiger partial charge >= 0.3 is 0 Å². The van der Waals surface area contributed by atoms with Crippen LogP contribution < -0.4 is 16.8 Å². The summed E-state index contributed by atoms with van der Waals surface area (Å²) in [6.07, 6.45) is 0. The lowest BCUT2D eigenvalue weighted by Gasteiger charge is -2.29. The third-order valence-electron chi connectivity index (χ3n) is 4.84. The lowest BCUT2D eigenvalue weighted by atomic mass is 10.1. The van der Waals surface area contributed by atoms with E-state index in [0.717, 1.165) is 48.3 Å². The fourth-order valence-corrected chi connectivity index (χ4v) is 3.32. The number of aromatic nitrogens is 2. The van der Waals surface area contributed by atoms with Gasteiger partial charge in [0.25, 0.3) is 0 Å². The number of halogens is 1. The number of H-pyrrole nitrogens is 1. The molecule has 30 heavy (non-hydrogen) atoms. The second-order valence-electron chi connectivity index (χ2n) is 7.14. The normalized spacial score (nSPS) is 15.4. The fraction of sp³-hybridized carbons (Fsp3) is 0.273. The Morgan fingerprint density at radius 1 is 1.07 bits per heavy atom. The standard InChI is InChI=1S/C15H20ClN7.C7H8/c1-9-11-8-10(2-3-12(11)22-21-9)14(18)20-15(13(16)17)23-6-4-19-5-7-23;1-7-5-3-2-4-6-7/h2-3,8,19H,4-7,17H2,1H3,(H2,18,20)(H,21,22);2-6H,1H3/b15-13+;. The van der Waals surface area contributed by atoms with Crippen LogP contribution in [0.25, 0.3) is 10.9 Å². The summed E-state index contributed by atoms with van der Waals surface area (Å²) in [4.78, 5) is 6.51. The average Bonchev–Trinajstić information content (AvgIpc) is 3.13. The first kappa shape index (κ1) is 21.7. The van der Waals surface area contributed by atoms with Crippen LogP contribution in [0.2, 0.25) is 0 Å². The van der Waals surface area contributed by atoms with E-state index in [9.17, 15) is 0 Å². The summed E-state index contributed by atoms with van der Waals surface area (Å²) in [5.74, 6) is 0.902. The van der Waals surface area contributed by atoms with Crippen LogP contribution in [-0.4, -0.2) is 47.1 Å². The largest absolute Gasteiger partial charge is 0.386 e. The zero-order chi connectivity index (χ0) is 21.5. The van der Waals surface area contributed by atoms with Gasteiger partial charge in [0.2, 0.25) is 0 Å². The van der Waals surface area contributed by atoms with E-state index in [-0.39, 0.29) is 5.16 Å². The van der Waals surface area contributed by atoms with Crippen molar-refractivity contribution in [3.8, 4) is 0 Å². The minimum atomic E-state index is 0.149. The van der Waals surface area contributed by atoms with Crippen molar-refractivity contribution in [2.75, 3.05) is 26.2 Å². The number of piperazine rings is 1. The molecule has 0 amide bonds. The van der Waals surface area contributed by atoms with Gasteiger partial charge in [-0.15, -0.1) is 0 Å². The molecule has 2 aromatic carbocycles. The van der Waals surface area contributed by atoms with Gasteiger partial charge in [0, 0.05) is 42.8 Å². The fourth-order valence-electron chi connectivity index (χ4n) is 3.16. The van der Waals surface area contributed by atoms with E-state index in [1.165, 1.54) is 5.56 Å². The first-order valence-electron chi connectivity index (χ1n) is 9.87. The van der Waals surface area contributed by atoms with E-state index in [1.54, 1.807) is 0 Å². The zero-order valence-electron chi connectivity index (χ0n) is 17.3. The van der Waals surface area contributed by atoms with Crippen LogP contribution in [0.3, 0.4) is 0 Å². The van der Waals surface area contributed by atoms with Crippen LogP contribution in [0.4, 0.5) is 0 Å². The van der Waals surface area contributed by atoms with Crippen LogP contribution in [0.1, 0.15) is 16.8 Å². The van der Waals surface area contributed by atoms with E-state index in [2.05, 4.69) is 39.6 Å². The number of hydrogen-bond donors (Lipinski definition) is 4.